The van der Waals surface area contributed by atoms with Gasteiger partial charge in [0, 0.05) is 48.9 Å². The first-order valence-corrected chi connectivity index (χ1v) is 11.4. The largest absolute Gasteiger partial charge is 0.364 e. The Labute approximate surface area is 200 Å². The van der Waals surface area contributed by atoms with Gasteiger partial charge < -0.3 is 4.90 Å². The Hall–Kier alpha value is -3.50. The van der Waals surface area contributed by atoms with E-state index in [1.165, 1.54) is 12.1 Å². The molecule has 0 bridgehead atoms. The molecule has 2 saturated heterocycles. The number of amides is 4. The van der Waals surface area contributed by atoms with Crippen LogP contribution in [0.2, 0.25) is 5.02 Å². The van der Waals surface area contributed by atoms with E-state index in [4.69, 9.17) is 11.6 Å². The second kappa shape index (κ2) is 8.07. The van der Waals surface area contributed by atoms with E-state index >= 15 is 0 Å². The summed E-state index contributed by atoms with van der Waals surface area (Å²) < 4.78 is 0. The Morgan fingerprint density at radius 3 is 2.56 bits per heavy atom. The molecule has 0 radical (unpaired) electrons. The number of halogens is 1. The molecule has 3 heterocycles. The van der Waals surface area contributed by atoms with Gasteiger partial charge in [0.15, 0.2) is 5.41 Å². The van der Waals surface area contributed by atoms with Gasteiger partial charge in [-0.05, 0) is 42.4 Å². The van der Waals surface area contributed by atoms with E-state index < -0.39 is 34.2 Å². The molecule has 10 nitrogen and oxygen atoms in total. The number of imide groups is 2. The third-order valence-corrected chi connectivity index (χ3v) is 7.28. The Kier molecular flexibility index (Phi) is 5.29. The van der Waals surface area contributed by atoms with Crippen LogP contribution in [0, 0.1) is 15.5 Å². The summed E-state index contributed by atoms with van der Waals surface area (Å²) in [7, 11) is 0. The summed E-state index contributed by atoms with van der Waals surface area (Å²) in [5.74, 6) is -1.33. The van der Waals surface area contributed by atoms with Crippen LogP contribution in [0.1, 0.15) is 12.5 Å². The topological polar surface area (TPSA) is 116 Å². The lowest BCUT2D eigenvalue weighted by Gasteiger charge is -2.55. The van der Waals surface area contributed by atoms with E-state index in [1.807, 2.05) is 11.8 Å². The standard InChI is InChI=1S/C23H22ClN5O5/c1-2-26-9-10-27-18-8-7-17(29(33)34)11-14(18)12-23(19(27)13-26)20(30)25-22(32)28(21(23)31)16-5-3-15(24)4-6-16/h3-8,11,19H,2,9-10,12-13H2,1H3,(H,25,30,32)/t19-,23+/m0/s1. The number of urea groups is 1. The minimum absolute atomic E-state index is 0.0508. The summed E-state index contributed by atoms with van der Waals surface area (Å²) in [6.07, 6.45) is -0.0508. The minimum atomic E-state index is -1.64. The van der Waals surface area contributed by atoms with E-state index in [-0.39, 0.29) is 12.1 Å². The highest BCUT2D eigenvalue weighted by molar-refractivity contribution is 6.32. The van der Waals surface area contributed by atoms with E-state index in [1.54, 1.807) is 30.3 Å². The molecule has 0 aliphatic carbocycles. The monoisotopic (exact) mass is 483 g/mol. The third-order valence-electron chi connectivity index (χ3n) is 7.03. The second-order valence-electron chi connectivity index (χ2n) is 8.70. The highest BCUT2D eigenvalue weighted by Gasteiger charge is 2.63. The number of nitrogens with one attached hydrogen (secondary N) is 1. The van der Waals surface area contributed by atoms with Gasteiger partial charge in [0.2, 0.25) is 5.91 Å². The summed E-state index contributed by atoms with van der Waals surface area (Å²) in [4.78, 5) is 56.5. The van der Waals surface area contributed by atoms with Crippen molar-refractivity contribution >= 4 is 46.5 Å². The number of non-ortho nitro benzene ring substituents is 1. The normalized spacial score (nSPS) is 24.6. The van der Waals surface area contributed by atoms with Gasteiger partial charge in [-0.3, -0.25) is 29.9 Å². The predicted molar refractivity (Wildman–Crippen MR) is 125 cm³/mol. The number of piperazine rings is 1. The fourth-order valence-corrected chi connectivity index (χ4v) is 5.42. The molecular weight excluding hydrogens is 462 g/mol. The minimum Gasteiger partial charge on any atom is -0.364 e. The lowest BCUT2D eigenvalue weighted by atomic mass is 9.67. The summed E-state index contributed by atoms with van der Waals surface area (Å²) in [6, 6.07) is 9.37. The molecule has 3 aliphatic rings. The molecule has 34 heavy (non-hydrogen) atoms. The van der Waals surface area contributed by atoms with Crippen molar-refractivity contribution in [1.29, 1.82) is 0 Å². The van der Waals surface area contributed by atoms with Crippen molar-refractivity contribution in [2.75, 3.05) is 36.0 Å². The SMILES string of the molecule is CCN1CCN2c3ccc([N+](=O)[O-])cc3C[C@]3(C(=O)NC(=O)N(c4ccc(Cl)cc4)C3=O)[C@@H]2C1. The highest BCUT2D eigenvalue weighted by Crippen LogP contribution is 2.47. The fraction of sp³-hybridized carbons (Fsp3) is 0.348. The number of fused-ring (bicyclic) bond motifs is 4. The van der Waals surface area contributed by atoms with Crippen LogP contribution in [0.15, 0.2) is 42.5 Å². The Morgan fingerprint density at radius 1 is 1.15 bits per heavy atom. The van der Waals surface area contributed by atoms with Crippen LogP contribution in [-0.2, 0) is 16.0 Å². The van der Waals surface area contributed by atoms with Crippen LogP contribution in [0.3, 0.4) is 0 Å². The molecule has 2 aromatic rings. The molecule has 4 amide bonds. The summed E-state index contributed by atoms with van der Waals surface area (Å²) in [5, 5.41) is 14.3. The van der Waals surface area contributed by atoms with Crippen molar-refractivity contribution in [2.24, 2.45) is 5.41 Å². The number of nitrogens with zero attached hydrogens (tertiary/aromatic N) is 4. The molecule has 11 heteroatoms. The van der Waals surface area contributed by atoms with Gasteiger partial charge in [0.25, 0.3) is 11.6 Å². The van der Waals surface area contributed by atoms with Gasteiger partial charge in [0.05, 0.1) is 16.7 Å². The zero-order valence-corrected chi connectivity index (χ0v) is 19.1. The Morgan fingerprint density at radius 2 is 1.88 bits per heavy atom. The Bertz CT molecular complexity index is 1220. The van der Waals surface area contributed by atoms with Crippen molar-refractivity contribution in [2.45, 2.75) is 19.4 Å². The number of anilines is 2. The van der Waals surface area contributed by atoms with Crippen molar-refractivity contribution in [1.82, 2.24) is 10.2 Å². The average Bonchev–Trinajstić information content (AvgIpc) is 2.83. The number of hydrogen-bond donors (Lipinski definition) is 1. The molecule has 0 unspecified atom stereocenters. The van der Waals surface area contributed by atoms with Gasteiger partial charge in [-0.2, -0.15) is 0 Å². The van der Waals surface area contributed by atoms with Gasteiger partial charge in [-0.25, -0.2) is 9.69 Å². The number of nitro groups is 1. The summed E-state index contributed by atoms with van der Waals surface area (Å²) in [5.41, 5.74) is -0.159. The molecule has 5 rings (SSSR count). The molecule has 0 aromatic heterocycles. The van der Waals surface area contributed by atoms with Crippen molar-refractivity contribution in [3.05, 3.63) is 63.2 Å². The zero-order valence-electron chi connectivity index (χ0n) is 18.4. The Balaban J connectivity index is 1.67. The maximum absolute atomic E-state index is 14.1. The summed E-state index contributed by atoms with van der Waals surface area (Å²) in [6.45, 7) is 4.45. The first-order chi connectivity index (χ1) is 16.3. The maximum atomic E-state index is 14.1. The number of likely N-dealkylation sites (N-methyl/N-ethyl adjacent to an activating group) is 1. The zero-order chi connectivity index (χ0) is 24.2. The van der Waals surface area contributed by atoms with Crippen LogP contribution in [0.4, 0.5) is 21.9 Å². The van der Waals surface area contributed by atoms with Crippen molar-refractivity contribution in [3.63, 3.8) is 0 Å². The van der Waals surface area contributed by atoms with Crippen LogP contribution < -0.4 is 15.1 Å². The first-order valence-electron chi connectivity index (χ1n) is 11.0. The van der Waals surface area contributed by atoms with E-state index in [2.05, 4.69) is 10.2 Å². The number of benzene rings is 2. The van der Waals surface area contributed by atoms with Gasteiger partial charge in [0.1, 0.15) is 0 Å². The van der Waals surface area contributed by atoms with Crippen molar-refractivity contribution in [3.8, 4) is 0 Å². The molecule has 3 aliphatic heterocycles. The number of hydrogen-bond acceptors (Lipinski definition) is 7. The van der Waals surface area contributed by atoms with Crippen LogP contribution in [0.5, 0.6) is 0 Å². The van der Waals surface area contributed by atoms with Crippen LogP contribution >= 0.6 is 11.6 Å². The average molecular weight is 484 g/mol. The quantitative estimate of drug-likeness (QED) is 0.405. The van der Waals surface area contributed by atoms with E-state index in [9.17, 15) is 24.5 Å². The van der Waals surface area contributed by atoms with Crippen molar-refractivity contribution < 1.29 is 19.3 Å². The lowest BCUT2D eigenvalue weighted by molar-refractivity contribution is -0.384. The maximum Gasteiger partial charge on any atom is 0.335 e. The smallest absolute Gasteiger partial charge is 0.335 e. The van der Waals surface area contributed by atoms with Crippen LogP contribution in [-0.4, -0.2) is 59.9 Å². The second-order valence-corrected chi connectivity index (χ2v) is 9.13. The number of carbonyl (C=O) groups excluding carboxylic acids is 3. The summed E-state index contributed by atoms with van der Waals surface area (Å²) >= 11 is 5.98. The van der Waals surface area contributed by atoms with E-state index in [0.29, 0.717) is 29.4 Å². The molecule has 2 atom stereocenters. The molecule has 176 valence electrons. The molecular formula is C23H22ClN5O5. The van der Waals surface area contributed by atoms with Gasteiger partial charge in [-0.15, -0.1) is 0 Å². The van der Waals surface area contributed by atoms with E-state index in [0.717, 1.165) is 23.7 Å². The molecule has 1 spiro atoms. The molecule has 2 aromatic carbocycles. The third kappa shape index (κ3) is 3.24. The van der Waals surface area contributed by atoms with Crippen LogP contribution in [0.25, 0.3) is 0 Å². The number of rotatable bonds is 3. The molecule has 2 fully saturated rings. The fourth-order valence-electron chi connectivity index (χ4n) is 5.29. The predicted octanol–water partition coefficient (Wildman–Crippen LogP) is 2.58. The highest BCUT2D eigenvalue weighted by atomic mass is 35.5. The van der Waals surface area contributed by atoms with Gasteiger partial charge >= 0.3 is 6.03 Å². The number of nitro benzene ring substituents is 1. The lowest BCUT2D eigenvalue weighted by Crippen LogP contribution is -2.75. The molecule has 1 N–H and O–H groups in total. The molecule has 0 saturated carbocycles. The first kappa shape index (κ1) is 22.3. The number of carbonyl (C=O) groups is 3. The number of barbiturate groups is 1. The van der Waals surface area contributed by atoms with Gasteiger partial charge in [-0.1, -0.05) is 18.5 Å².